The van der Waals surface area contributed by atoms with Crippen LogP contribution in [0, 0.1) is 0 Å². The molecule has 0 saturated carbocycles. The molecular formula is C21H20N4O2S. The molecule has 0 fully saturated rings. The van der Waals surface area contributed by atoms with Crippen molar-refractivity contribution in [1.82, 2.24) is 19.7 Å². The molecule has 0 bridgehead atoms. The maximum absolute atomic E-state index is 13.2. The molecule has 2 aromatic carbocycles. The average Bonchev–Trinajstić information content (AvgIpc) is 3.17. The van der Waals surface area contributed by atoms with Gasteiger partial charge in [-0.2, -0.15) is 4.98 Å². The molecule has 2 aromatic heterocycles. The van der Waals surface area contributed by atoms with E-state index in [1.54, 1.807) is 10.6 Å². The van der Waals surface area contributed by atoms with Gasteiger partial charge in [-0.15, -0.1) is 0 Å². The van der Waals surface area contributed by atoms with Crippen molar-refractivity contribution in [3.05, 3.63) is 76.7 Å². The lowest BCUT2D eigenvalue weighted by atomic mass is 9.97. The lowest BCUT2D eigenvalue weighted by molar-refractivity contribution is 0.319. The Bertz CT molecular complexity index is 1180. The topological polar surface area (TPSA) is 73.8 Å². The number of hydrogen-bond acceptors (Lipinski definition) is 6. The van der Waals surface area contributed by atoms with E-state index in [9.17, 15) is 4.79 Å². The van der Waals surface area contributed by atoms with Crippen LogP contribution in [0.5, 0.6) is 0 Å². The number of para-hydroxylation sites is 2. The first kappa shape index (κ1) is 18.4. The highest BCUT2D eigenvalue weighted by molar-refractivity contribution is 7.98. The Morgan fingerprint density at radius 1 is 1.00 bits per heavy atom. The van der Waals surface area contributed by atoms with Gasteiger partial charge in [0.05, 0.1) is 22.3 Å². The van der Waals surface area contributed by atoms with Crippen molar-refractivity contribution in [1.29, 1.82) is 0 Å². The van der Waals surface area contributed by atoms with Crippen molar-refractivity contribution >= 4 is 22.7 Å². The number of thioether (sulfide) groups is 1. The minimum Gasteiger partial charge on any atom is -0.339 e. The largest absolute Gasteiger partial charge is 0.339 e. The molecule has 0 amide bonds. The first-order valence-corrected chi connectivity index (χ1v) is 9.95. The van der Waals surface area contributed by atoms with Gasteiger partial charge in [0.15, 0.2) is 11.0 Å². The molecule has 4 rings (SSSR count). The van der Waals surface area contributed by atoms with E-state index in [-0.39, 0.29) is 11.0 Å². The van der Waals surface area contributed by atoms with Gasteiger partial charge in [-0.1, -0.05) is 68.0 Å². The van der Waals surface area contributed by atoms with E-state index in [4.69, 9.17) is 9.51 Å². The maximum Gasteiger partial charge on any atom is 0.266 e. The van der Waals surface area contributed by atoms with E-state index in [0.717, 1.165) is 5.69 Å². The summed E-state index contributed by atoms with van der Waals surface area (Å²) in [5, 5.41) is 5.25. The number of nitrogens with zero attached hydrogens (tertiary/aromatic N) is 4. The predicted octanol–water partition coefficient (Wildman–Crippen LogP) is 4.36. The minimum absolute atomic E-state index is 0.0946. The summed E-state index contributed by atoms with van der Waals surface area (Å²) in [6.45, 7) is 6.07. The zero-order valence-corrected chi connectivity index (χ0v) is 16.7. The lowest BCUT2D eigenvalue weighted by Gasteiger charge is -2.12. The van der Waals surface area contributed by atoms with Crippen molar-refractivity contribution in [2.45, 2.75) is 37.1 Å². The second-order valence-electron chi connectivity index (χ2n) is 7.44. The molecule has 7 heteroatoms. The second-order valence-corrected chi connectivity index (χ2v) is 8.38. The molecular weight excluding hydrogens is 372 g/mol. The maximum atomic E-state index is 13.2. The van der Waals surface area contributed by atoms with Crippen molar-refractivity contribution < 1.29 is 4.52 Å². The van der Waals surface area contributed by atoms with Crippen molar-refractivity contribution in [3.8, 4) is 5.69 Å². The van der Waals surface area contributed by atoms with E-state index in [0.29, 0.717) is 33.5 Å². The van der Waals surface area contributed by atoms with Crippen LogP contribution in [-0.2, 0) is 11.2 Å². The van der Waals surface area contributed by atoms with Crippen LogP contribution in [0.2, 0.25) is 0 Å². The quantitative estimate of drug-likeness (QED) is 0.379. The first-order chi connectivity index (χ1) is 13.4. The third-order valence-corrected chi connectivity index (χ3v) is 5.13. The van der Waals surface area contributed by atoms with Crippen LogP contribution in [0.1, 0.15) is 32.5 Å². The fraction of sp³-hybridized carbons (Fsp3) is 0.238. The Morgan fingerprint density at radius 3 is 2.43 bits per heavy atom. The van der Waals surface area contributed by atoms with Crippen molar-refractivity contribution in [2.24, 2.45) is 0 Å². The lowest BCUT2D eigenvalue weighted by Crippen LogP contribution is -2.21. The number of aromatic nitrogens is 4. The summed E-state index contributed by atoms with van der Waals surface area (Å²) in [5.74, 6) is 1.63. The van der Waals surface area contributed by atoms with E-state index >= 15 is 0 Å². The Kier molecular flexibility index (Phi) is 4.77. The summed E-state index contributed by atoms with van der Waals surface area (Å²) < 4.78 is 7.00. The zero-order valence-electron chi connectivity index (χ0n) is 15.9. The molecule has 142 valence electrons. The van der Waals surface area contributed by atoms with E-state index in [2.05, 4.69) is 10.1 Å². The molecule has 0 saturated heterocycles. The van der Waals surface area contributed by atoms with Crippen molar-refractivity contribution in [3.63, 3.8) is 0 Å². The summed E-state index contributed by atoms with van der Waals surface area (Å²) in [4.78, 5) is 22.3. The zero-order chi connectivity index (χ0) is 19.7. The number of fused-ring (bicyclic) bond motifs is 1. The molecule has 0 aliphatic carbocycles. The molecule has 0 atom stereocenters. The fourth-order valence-corrected chi connectivity index (χ4v) is 3.62. The van der Waals surface area contributed by atoms with Gasteiger partial charge < -0.3 is 4.52 Å². The predicted molar refractivity (Wildman–Crippen MR) is 110 cm³/mol. The average molecular weight is 392 g/mol. The summed E-state index contributed by atoms with van der Waals surface area (Å²) in [7, 11) is 0. The summed E-state index contributed by atoms with van der Waals surface area (Å²) in [6, 6.07) is 16.9. The smallest absolute Gasteiger partial charge is 0.266 e. The van der Waals surface area contributed by atoms with Crippen LogP contribution in [0.25, 0.3) is 16.6 Å². The normalized spacial score (nSPS) is 11.8. The second kappa shape index (κ2) is 7.24. The standard InChI is InChI=1S/C21H20N4O2S/c1-21(2,3)19-23-17(24-27-19)13-28-20-22-16-12-8-7-11-15(16)18(26)25(20)14-9-5-4-6-10-14/h4-12H,13H2,1-3H3. The van der Waals surface area contributed by atoms with Gasteiger partial charge in [-0.3, -0.25) is 9.36 Å². The molecule has 4 aromatic rings. The van der Waals surface area contributed by atoms with Gasteiger partial charge in [0, 0.05) is 5.41 Å². The van der Waals surface area contributed by atoms with Gasteiger partial charge in [0.2, 0.25) is 5.89 Å². The Balaban J connectivity index is 1.75. The summed E-state index contributed by atoms with van der Waals surface area (Å²) >= 11 is 1.41. The third-order valence-electron chi connectivity index (χ3n) is 4.20. The van der Waals surface area contributed by atoms with Gasteiger partial charge in [-0.05, 0) is 24.3 Å². The molecule has 0 N–H and O–H groups in total. The number of benzene rings is 2. The van der Waals surface area contributed by atoms with Crippen LogP contribution >= 0.6 is 11.8 Å². The highest BCUT2D eigenvalue weighted by Gasteiger charge is 2.22. The van der Waals surface area contributed by atoms with Crippen LogP contribution in [-0.4, -0.2) is 19.7 Å². The third kappa shape index (κ3) is 3.57. The molecule has 6 nitrogen and oxygen atoms in total. The molecule has 0 aliphatic rings. The molecule has 28 heavy (non-hydrogen) atoms. The number of hydrogen-bond donors (Lipinski definition) is 0. The fourth-order valence-electron chi connectivity index (χ4n) is 2.76. The minimum atomic E-state index is -0.205. The van der Waals surface area contributed by atoms with Crippen LogP contribution in [0.3, 0.4) is 0 Å². The molecule has 0 unspecified atom stereocenters. The highest BCUT2D eigenvalue weighted by Crippen LogP contribution is 2.25. The van der Waals surface area contributed by atoms with Crippen LogP contribution < -0.4 is 5.56 Å². The SMILES string of the molecule is CC(C)(C)c1nc(CSc2nc3ccccc3c(=O)n2-c2ccccc2)no1. The monoisotopic (exact) mass is 392 g/mol. The van der Waals surface area contributed by atoms with Crippen molar-refractivity contribution in [2.75, 3.05) is 0 Å². The Morgan fingerprint density at radius 2 is 1.71 bits per heavy atom. The van der Waals surface area contributed by atoms with E-state index < -0.39 is 0 Å². The highest BCUT2D eigenvalue weighted by atomic mass is 32.2. The van der Waals surface area contributed by atoms with Gasteiger partial charge in [0.25, 0.3) is 5.56 Å². The van der Waals surface area contributed by atoms with Gasteiger partial charge in [0.1, 0.15) is 0 Å². The van der Waals surface area contributed by atoms with E-state index in [1.807, 2.05) is 69.3 Å². The molecule has 0 spiro atoms. The molecule has 0 radical (unpaired) electrons. The van der Waals surface area contributed by atoms with Gasteiger partial charge in [-0.25, -0.2) is 4.98 Å². The van der Waals surface area contributed by atoms with Gasteiger partial charge >= 0.3 is 0 Å². The Labute approximate surface area is 166 Å². The summed E-state index contributed by atoms with van der Waals surface area (Å²) in [5.41, 5.74) is 1.15. The first-order valence-electron chi connectivity index (χ1n) is 8.96. The molecule has 2 heterocycles. The molecule has 0 aliphatic heterocycles. The van der Waals surface area contributed by atoms with Crippen LogP contribution in [0.15, 0.2) is 69.1 Å². The van der Waals surface area contributed by atoms with E-state index in [1.165, 1.54) is 11.8 Å². The van der Waals surface area contributed by atoms with Crippen LogP contribution in [0.4, 0.5) is 0 Å². The summed E-state index contributed by atoms with van der Waals surface area (Å²) in [6.07, 6.45) is 0. The number of rotatable bonds is 4. The Hall–Kier alpha value is -2.93.